The second kappa shape index (κ2) is 7.53. The van der Waals surface area contributed by atoms with Gasteiger partial charge in [-0.05, 0) is 124 Å². The topological polar surface area (TPSA) is 35.2 Å². The van der Waals surface area contributed by atoms with Crippen LogP contribution in [0.5, 0.6) is 11.5 Å². The van der Waals surface area contributed by atoms with E-state index in [4.69, 9.17) is 10.5 Å². The highest BCUT2D eigenvalue weighted by atomic mass is 79.9. The second-order valence-electron chi connectivity index (χ2n) is 3.77. The first kappa shape index (κ1) is 18.7. The third-order valence-corrected chi connectivity index (χ3v) is 10.6. The number of anilines is 1. The van der Waals surface area contributed by atoms with E-state index >= 15 is 0 Å². The van der Waals surface area contributed by atoms with Crippen molar-refractivity contribution in [3.63, 3.8) is 0 Å². The summed E-state index contributed by atoms with van der Waals surface area (Å²) in [6.07, 6.45) is 0. The lowest BCUT2D eigenvalue weighted by Crippen LogP contribution is -1.97. The summed E-state index contributed by atoms with van der Waals surface area (Å²) in [5.41, 5.74) is 6.62. The van der Waals surface area contributed by atoms with Crippen molar-refractivity contribution in [3.8, 4) is 11.5 Å². The van der Waals surface area contributed by atoms with Gasteiger partial charge in [0.2, 0.25) is 0 Å². The number of nitrogen functional groups attached to an aromatic ring is 1. The highest BCUT2D eigenvalue weighted by molar-refractivity contribution is 9.15. The van der Waals surface area contributed by atoms with Crippen LogP contribution in [-0.4, -0.2) is 0 Å². The van der Waals surface area contributed by atoms with Gasteiger partial charge in [-0.1, -0.05) is 0 Å². The first-order valence-electron chi connectivity index (χ1n) is 5.18. The van der Waals surface area contributed by atoms with Gasteiger partial charge in [0.05, 0.1) is 23.6 Å². The molecule has 0 amide bonds. The molecule has 0 aliphatic carbocycles. The first-order valence-corrected chi connectivity index (χ1v) is 10.7. The number of rotatable bonds is 2. The third kappa shape index (κ3) is 3.74. The summed E-state index contributed by atoms with van der Waals surface area (Å²) in [6.45, 7) is 0. The molecule has 2 aromatic carbocycles. The number of halogens is 7. The molecule has 2 N–H and O–H groups in total. The maximum atomic E-state index is 6.13. The van der Waals surface area contributed by atoms with Crippen LogP contribution in [0.25, 0.3) is 0 Å². The molecule has 0 unspecified atom stereocenters. The quantitative estimate of drug-likeness (QED) is 0.191. The van der Waals surface area contributed by atoms with E-state index in [9.17, 15) is 0 Å². The number of hydrogen-bond acceptors (Lipinski definition) is 2. The summed E-state index contributed by atoms with van der Waals surface area (Å²) < 4.78 is 11.6. The highest BCUT2D eigenvalue weighted by Gasteiger charge is 2.20. The van der Waals surface area contributed by atoms with Gasteiger partial charge in [-0.15, -0.1) is 0 Å². The van der Waals surface area contributed by atoms with E-state index < -0.39 is 0 Å². The summed E-state index contributed by atoms with van der Waals surface area (Å²) in [5, 5.41) is 0. The SMILES string of the molecule is Nc1c(Br)c(Br)c(Br)c(Br)c1Oc1ccc(Br)c(Br)c1Br. The predicted molar refractivity (Wildman–Crippen MR) is 111 cm³/mol. The van der Waals surface area contributed by atoms with Crippen molar-refractivity contribution >= 4 is 117 Å². The normalized spacial score (nSPS) is 10.8. The molecule has 112 valence electrons. The van der Waals surface area contributed by atoms with E-state index in [-0.39, 0.29) is 0 Å². The van der Waals surface area contributed by atoms with Gasteiger partial charge in [0.15, 0.2) is 5.75 Å². The highest BCUT2D eigenvalue weighted by Crippen LogP contribution is 2.50. The van der Waals surface area contributed by atoms with Crippen molar-refractivity contribution in [2.24, 2.45) is 0 Å². The van der Waals surface area contributed by atoms with Crippen LogP contribution in [0, 0.1) is 0 Å². The van der Waals surface area contributed by atoms with E-state index in [1.165, 1.54) is 0 Å². The van der Waals surface area contributed by atoms with Gasteiger partial charge in [0, 0.05) is 13.4 Å². The first-order chi connectivity index (χ1) is 9.75. The molecular weight excluding hydrogens is 733 g/mol. The molecule has 2 nitrogen and oxygen atoms in total. The van der Waals surface area contributed by atoms with E-state index in [0.29, 0.717) is 17.2 Å². The minimum absolute atomic E-state index is 0.489. The number of nitrogens with two attached hydrogens (primary N) is 1. The Bertz CT molecular complexity index is 703. The van der Waals surface area contributed by atoms with Crippen molar-refractivity contribution in [3.05, 3.63) is 43.4 Å². The van der Waals surface area contributed by atoms with Crippen LogP contribution < -0.4 is 10.5 Å². The van der Waals surface area contributed by atoms with Gasteiger partial charge in [-0.2, -0.15) is 0 Å². The van der Waals surface area contributed by atoms with Crippen LogP contribution in [-0.2, 0) is 0 Å². The van der Waals surface area contributed by atoms with Gasteiger partial charge >= 0.3 is 0 Å². The Balaban J connectivity index is 2.58. The maximum Gasteiger partial charge on any atom is 0.166 e. The second-order valence-corrected chi connectivity index (χ2v) is 9.39. The van der Waals surface area contributed by atoms with Gasteiger partial charge in [0.25, 0.3) is 0 Å². The Morgan fingerprint density at radius 1 is 0.667 bits per heavy atom. The Kier molecular flexibility index (Phi) is 6.71. The monoisotopic (exact) mass is 730 g/mol. The fourth-order valence-electron chi connectivity index (χ4n) is 1.43. The van der Waals surface area contributed by atoms with Crippen molar-refractivity contribution in [1.29, 1.82) is 0 Å². The third-order valence-electron chi connectivity index (χ3n) is 2.47. The van der Waals surface area contributed by atoms with E-state index in [0.717, 1.165) is 31.3 Å². The van der Waals surface area contributed by atoms with E-state index in [1.807, 2.05) is 12.1 Å². The molecule has 0 saturated carbocycles. The minimum Gasteiger partial charge on any atom is -0.453 e. The maximum absolute atomic E-state index is 6.13. The molecule has 0 heterocycles. The largest absolute Gasteiger partial charge is 0.453 e. The molecule has 9 heteroatoms. The summed E-state index contributed by atoms with van der Waals surface area (Å²) in [7, 11) is 0. The number of hydrogen-bond donors (Lipinski definition) is 1. The zero-order chi connectivity index (χ0) is 15.9. The summed E-state index contributed by atoms with van der Waals surface area (Å²) in [5.74, 6) is 1.16. The molecule has 0 fully saturated rings. The van der Waals surface area contributed by atoms with Crippen LogP contribution in [0.1, 0.15) is 0 Å². The molecule has 21 heavy (non-hydrogen) atoms. The van der Waals surface area contributed by atoms with E-state index in [2.05, 4.69) is 112 Å². The Hall–Kier alpha value is 1.40. The smallest absolute Gasteiger partial charge is 0.166 e. The molecular formula is C12H4Br7NO. The summed E-state index contributed by atoms with van der Waals surface area (Å²) >= 11 is 24.3. The minimum atomic E-state index is 0.489. The van der Waals surface area contributed by atoms with Crippen molar-refractivity contribution in [2.45, 2.75) is 0 Å². The Morgan fingerprint density at radius 3 is 1.86 bits per heavy atom. The average Bonchev–Trinajstić information content (AvgIpc) is 2.47. The Labute approximate surface area is 180 Å². The van der Waals surface area contributed by atoms with Gasteiger partial charge < -0.3 is 10.5 Å². The lowest BCUT2D eigenvalue weighted by molar-refractivity contribution is 0.477. The molecule has 0 saturated heterocycles. The molecule has 2 aromatic rings. The zero-order valence-electron chi connectivity index (χ0n) is 9.79. The van der Waals surface area contributed by atoms with Crippen molar-refractivity contribution < 1.29 is 4.74 Å². The molecule has 0 aliphatic heterocycles. The van der Waals surface area contributed by atoms with Crippen LogP contribution >= 0.6 is 112 Å². The average molecular weight is 737 g/mol. The molecule has 0 spiro atoms. The predicted octanol–water partition coefficient (Wildman–Crippen LogP) is 8.40. The summed E-state index contributed by atoms with van der Waals surface area (Å²) in [6, 6.07) is 3.73. The lowest BCUT2D eigenvalue weighted by Gasteiger charge is -2.16. The molecule has 0 aromatic heterocycles. The molecule has 0 bridgehead atoms. The van der Waals surface area contributed by atoms with Gasteiger partial charge in [0.1, 0.15) is 5.75 Å². The van der Waals surface area contributed by atoms with Crippen molar-refractivity contribution in [2.75, 3.05) is 5.73 Å². The Morgan fingerprint density at radius 2 is 1.24 bits per heavy atom. The number of benzene rings is 2. The molecule has 0 aliphatic rings. The van der Waals surface area contributed by atoms with Crippen LogP contribution in [0.4, 0.5) is 5.69 Å². The molecule has 0 atom stereocenters. The number of ether oxygens (including phenoxy) is 1. The van der Waals surface area contributed by atoms with Gasteiger partial charge in [-0.3, -0.25) is 0 Å². The molecule has 0 radical (unpaired) electrons. The van der Waals surface area contributed by atoms with Crippen LogP contribution in [0.2, 0.25) is 0 Å². The fourth-order valence-corrected chi connectivity index (χ4v) is 4.97. The van der Waals surface area contributed by atoms with Crippen LogP contribution in [0.15, 0.2) is 43.4 Å². The van der Waals surface area contributed by atoms with E-state index in [1.54, 1.807) is 0 Å². The lowest BCUT2D eigenvalue weighted by atomic mass is 10.3. The van der Waals surface area contributed by atoms with Crippen molar-refractivity contribution in [1.82, 2.24) is 0 Å². The fraction of sp³-hybridized carbons (Fsp3) is 0. The molecule has 2 rings (SSSR count). The van der Waals surface area contributed by atoms with Gasteiger partial charge in [-0.25, -0.2) is 0 Å². The van der Waals surface area contributed by atoms with Crippen LogP contribution in [0.3, 0.4) is 0 Å². The zero-order valence-corrected chi connectivity index (χ0v) is 20.9. The summed E-state index contributed by atoms with van der Waals surface area (Å²) in [4.78, 5) is 0. The standard InChI is InChI=1S/C12H4Br7NO/c13-3-1-2-4(6(15)5(3)14)21-12-10(19)8(17)7(16)9(18)11(12)20/h1-2H,20H2.